The van der Waals surface area contributed by atoms with Crippen molar-refractivity contribution in [1.29, 1.82) is 0 Å². The van der Waals surface area contributed by atoms with E-state index in [-0.39, 0.29) is 12.5 Å². The average Bonchev–Trinajstić information content (AvgIpc) is 3.14. The van der Waals surface area contributed by atoms with Crippen LogP contribution in [0.4, 0.5) is 0 Å². The largest absolute Gasteiger partial charge is 0.395 e. The molecule has 106 valence electrons. The molecule has 0 aromatic heterocycles. The van der Waals surface area contributed by atoms with Crippen molar-refractivity contribution in [3.63, 3.8) is 0 Å². The molecule has 1 aliphatic rings. The van der Waals surface area contributed by atoms with E-state index in [1.807, 2.05) is 25.1 Å². The molecule has 2 unspecified atom stereocenters. The molecule has 0 saturated heterocycles. The standard InChI is InChI=1S/C17H21NO2/c1-12-9-15(7-6-14(12)5-3-4-8-19)17(20)18-11-16-10-13(16)2/h6-7,9,13,16,19H,4,8,10-11H2,1-2H3,(H,18,20). The van der Waals surface area contributed by atoms with Crippen molar-refractivity contribution in [1.82, 2.24) is 5.32 Å². The number of hydrogen-bond donors (Lipinski definition) is 2. The number of hydrogen-bond acceptors (Lipinski definition) is 2. The maximum absolute atomic E-state index is 12.0. The Balaban J connectivity index is 1.97. The summed E-state index contributed by atoms with van der Waals surface area (Å²) in [6.07, 6.45) is 1.69. The zero-order chi connectivity index (χ0) is 14.5. The molecule has 2 rings (SSSR count). The number of aliphatic hydroxyl groups is 1. The second-order valence-corrected chi connectivity index (χ2v) is 5.49. The quantitative estimate of drug-likeness (QED) is 0.824. The summed E-state index contributed by atoms with van der Waals surface area (Å²) in [4.78, 5) is 12.0. The first-order chi connectivity index (χ1) is 9.61. The van der Waals surface area contributed by atoms with Gasteiger partial charge in [-0.3, -0.25) is 4.79 Å². The van der Waals surface area contributed by atoms with Crippen LogP contribution >= 0.6 is 0 Å². The first-order valence-corrected chi connectivity index (χ1v) is 7.10. The predicted octanol–water partition coefficient (Wildman–Crippen LogP) is 2.11. The topological polar surface area (TPSA) is 49.3 Å². The molecule has 1 aliphatic carbocycles. The van der Waals surface area contributed by atoms with Crippen molar-refractivity contribution in [3.05, 3.63) is 34.9 Å². The van der Waals surface area contributed by atoms with Crippen LogP contribution in [0.5, 0.6) is 0 Å². The van der Waals surface area contributed by atoms with Gasteiger partial charge in [0.2, 0.25) is 0 Å². The average molecular weight is 271 g/mol. The molecule has 0 bridgehead atoms. The number of benzene rings is 1. The lowest BCUT2D eigenvalue weighted by Crippen LogP contribution is -2.25. The Hall–Kier alpha value is -1.79. The van der Waals surface area contributed by atoms with Crippen LogP contribution in [0.25, 0.3) is 0 Å². The Morgan fingerprint density at radius 2 is 2.25 bits per heavy atom. The lowest BCUT2D eigenvalue weighted by Gasteiger charge is -2.06. The van der Waals surface area contributed by atoms with Gasteiger partial charge in [-0.15, -0.1) is 0 Å². The van der Waals surface area contributed by atoms with E-state index in [0.717, 1.165) is 23.6 Å². The fraction of sp³-hybridized carbons (Fsp3) is 0.471. The van der Waals surface area contributed by atoms with Crippen LogP contribution in [0, 0.1) is 30.6 Å². The van der Waals surface area contributed by atoms with E-state index < -0.39 is 0 Å². The first-order valence-electron chi connectivity index (χ1n) is 7.10. The SMILES string of the molecule is Cc1cc(C(=O)NCC2CC2C)ccc1C#CCCO. The highest BCUT2D eigenvalue weighted by molar-refractivity contribution is 5.94. The first kappa shape index (κ1) is 14.6. The summed E-state index contributed by atoms with van der Waals surface area (Å²) in [6, 6.07) is 5.55. The van der Waals surface area contributed by atoms with E-state index in [0.29, 0.717) is 17.9 Å². The summed E-state index contributed by atoms with van der Waals surface area (Å²) >= 11 is 0. The van der Waals surface area contributed by atoms with Crippen LogP contribution in [0.3, 0.4) is 0 Å². The van der Waals surface area contributed by atoms with Gasteiger partial charge in [0.15, 0.2) is 0 Å². The van der Waals surface area contributed by atoms with Gasteiger partial charge < -0.3 is 10.4 Å². The van der Waals surface area contributed by atoms with Gasteiger partial charge in [-0.1, -0.05) is 18.8 Å². The molecular weight excluding hydrogens is 250 g/mol. The van der Waals surface area contributed by atoms with E-state index in [9.17, 15) is 4.79 Å². The maximum atomic E-state index is 12.0. The van der Waals surface area contributed by atoms with Crippen LogP contribution < -0.4 is 5.32 Å². The highest BCUT2D eigenvalue weighted by atomic mass is 16.2. The van der Waals surface area contributed by atoms with Crippen molar-refractivity contribution < 1.29 is 9.90 Å². The molecule has 0 heterocycles. The van der Waals surface area contributed by atoms with Crippen LogP contribution in [0.2, 0.25) is 0 Å². The zero-order valence-corrected chi connectivity index (χ0v) is 12.1. The van der Waals surface area contributed by atoms with Gasteiger partial charge in [-0.05, 0) is 48.9 Å². The Kier molecular flexibility index (Phi) is 4.81. The number of aliphatic hydroxyl groups excluding tert-OH is 1. The zero-order valence-electron chi connectivity index (χ0n) is 12.1. The summed E-state index contributed by atoms with van der Waals surface area (Å²) in [6.45, 7) is 5.01. The summed E-state index contributed by atoms with van der Waals surface area (Å²) in [5.74, 6) is 7.29. The van der Waals surface area contributed by atoms with Crippen LogP contribution in [-0.2, 0) is 0 Å². The number of nitrogens with one attached hydrogen (secondary N) is 1. The summed E-state index contributed by atoms with van der Waals surface area (Å²) in [5.41, 5.74) is 2.58. The van der Waals surface area contributed by atoms with Crippen molar-refractivity contribution in [2.75, 3.05) is 13.2 Å². The lowest BCUT2D eigenvalue weighted by atomic mass is 10.0. The molecule has 2 N–H and O–H groups in total. The molecular formula is C17H21NO2. The molecule has 20 heavy (non-hydrogen) atoms. The van der Waals surface area contributed by atoms with Crippen molar-refractivity contribution in [2.45, 2.75) is 26.7 Å². The molecule has 2 atom stereocenters. The lowest BCUT2D eigenvalue weighted by molar-refractivity contribution is 0.0951. The highest BCUT2D eigenvalue weighted by Gasteiger charge is 2.32. The van der Waals surface area contributed by atoms with E-state index in [2.05, 4.69) is 24.1 Å². The van der Waals surface area contributed by atoms with Crippen molar-refractivity contribution in [2.24, 2.45) is 11.8 Å². The number of aryl methyl sites for hydroxylation is 1. The minimum Gasteiger partial charge on any atom is -0.395 e. The number of amides is 1. The summed E-state index contributed by atoms with van der Waals surface area (Å²) in [7, 11) is 0. The van der Waals surface area contributed by atoms with Gasteiger partial charge in [0.25, 0.3) is 5.91 Å². The molecule has 1 saturated carbocycles. The number of carbonyl (C=O) groups is 1. The fourth-order valence-corrected chi connectivity index (χ4v) is 2.17. The molecule has 3 nitrogen and oxygen atoms in total. The van der Waals surface area contributed by atoms with E-state index in [1.165, 1.54) is 6.42 Å². The van der Waals surface area contributed by atoms with E-state index in [4.69, 9.17) is 5.11 Å². The minimum atomic E-state index is -0.0120. The monoisotopic (exact) mass is 271 g/mol. The van der Waals surface area contributed by atoms with Gasteiger partial charge >= 0.3 is 0 Å². The molecule has 1 aromatic carbocycles. The van der Waals surface area contributed by atoms with E-state index >= 15 is 0 Å². The third kappa shape index (κ3) is 3.85. The van der Waals surface area contributed by atoms with Crippen LogP contribution in [0.1, 0.15) is 41.3 Å². The smallest absolute Gasteiger partial charge is 0.251 e. The third-order valence-corrected chi connectivity index (χ3v) is 3.75. The Bertz CT molecular complexity index is 554. The fourth-order valence-electron chi connectivity index (χ4n) is 2.17. The second-order valence-electron chi connectivity index (χ2n) is 5.49. The Labute approximate surface area is 120 Å². The Morgan fingerprint density at radius 3 is 2.85 bits per heavy atom. The maximum Gasteiger partial charge on any atom is 0.251 e. The van der Waals surface area contributed by atoms with Crippen LogP contribution in [0.15, 0.2) is 18.2 Å². The van der Waals surface area contributed by atoms with Crippen molar-refractivity contribution in [3.8, 4) is 11.8 Å². The van der Waals surface area contributed by atoms with Crippen molar-refractivity contribution >= 4 is 5.91 Å². The predicted molar refractivity (Wildman–Crippen MR) is 79.4 cm³/mol. The second kappa shape index (κ2) is 6.58. The molecule has 1 aromatic rings. The van der Waals surface area contributed by atoms with Gasteiger partial charge in [-0.2, -0.15) is 0 Å². The molecule has 0 radical (unpaired) electrons. The summed E-state index contributed by atoms with van der Waals surface area (Å²) < 4.78 is 0. The summed E-state index contributed by atoms with van der Waals surface area (Å²) in [5, 5.41) is 11.7. The van der Waals surface area contributed by atoms with Gasteiger partial charge in [-0.25, -0.2) is 0 Å². The van der Waals surface area contributed by atoms with Crippen LogP contribution in [-0.4, -0.2) is 24.2 Å². The van der Waals surface area contributed by atoms with E-state index in [1.54, 1.807) is 0 Å². The van der Waals surface area contributed by atoms with Gasteiger partial charge in [0.05, 0.1) is 6.61 Å². The highest BCUT2D eigenvalue weighted by Crippen LogP contribution is 2.36. The number of carbonyl (C=O) groups excluding carboxylic acids is 1. The molecule has 3 heteroatoms. The Morgan fingerprint density at radius 1 is 1.50 bits per heavy atom. The molecule has 0 aliphatic heterocycles. The molecule has 1 fully saturated rings. The normalized spacial score (nSPS) is 19.9. The minimum absolute atomic E-state index is 0.0120. The third-order valence-electron chi connectivity index (χ3n) is 3.75. The molecule has 0 spiro atoms. The van der Waals surface area contributed by atoms with Gasteiger partial charge in [0.1, 0.15) is 0 Å². The number of rotatable bonds is 4. The van der Waals surface area contributed by atoms with Gasteiger partial charge in [0, 0.05) is 24.1 Å². The molecule has 1 amide bonds.